The molecule has 0 heterocycles. The number of carbonyl (C=O) groups excluding carboxylic acids is 1. The van der Waals surface area contributed by atoms with E-state index in [1.807, 2.05) is 67.6 Å². The number of benzene rings is 2. The van der Waals surface area contributed by atoms with E-state index in [-0.39, 0.29) is 17.9 Å². The Bertz CT molecular complexity index is 525. The number of hydrogen-bond donors (Lipinski definition) is 2. The summed E-state index contributed by atoms with van der Waals surface area (Å²) in [5.74, 6) is -0.356. The SMILES string of the molecule is CC(C(=O)Nc1ccccc1)C(N)c1ccccc1. The maximum atomic E-state index is 12.1. The highest BCUT2D eigenvalue weighted by atomic mass is 16.1. The number of rotatable bonds is 4. The van der Waals surface area contributed by atoms with E-state index in [2.05, 4.69) is 5.32 Å². The van der Waals surface area contributed by atoms with Gasteiger partial charge in [0.25, 0.3) is 0 Å². The van der Waals surface area contributed by atoms with E-state index < -0.39 is 0 Å². The van der Waals surface area contributed by atoms with E-state index in [0.29, 0.717) is 0 Å². The lowest BCUT2D eigenvalue weighted by molar-refractivity contribution is -0.120. The molecule has 3 nitrogen and oxygen atoms in total. The van der Waals surface area contributed by atoms with Gasteiger partial charge in [-0.2, -0.15) is 0 Å². The molecule has 3 N–H and O–H groups in total. The van der Waals surface area contributed by atoms with Gasteiger partial charge in [0.2, 0.25) is 5.91 Å². The molecular weight excluding hydrogens is 236 g/mol. The van der Waals surface area contributed by atoms with E-state index in [1.165, 1.54) is 0 Å². The quantitative estimate of drug-likeness (QED) is 0.881. The Balaban J connectivity index is 2.03. The zero-order valence-corrected chi connectivity index (χ0v) is 10.9. The average Bonchev–Trinajstić information content (AvgIpc) is 2.47. The summed E-state index contributed by atoms with van der Waals surface area (Å²) >= 11 is 0. The standard InChI is InChI=1S/C16H18N2O/c1-12(15(17)13-8-4-2-5-9-13)16(19)18-14-10-6-3-7-11-14/h2-12,15H,17H2,1H3,(H,18,19). The fourth-order valence-corrected chi connectivity index (χ4v) is 1.90. The van der Waals surface area contributed by atoms with Gasteiger partial charge in [0.05, 0.1) is 5.92 Å². The minimum absolute atomic E-state index is 0.0671. The first-order valence-corrected chi connectivity index (χ1v) is 6.35. The number of anilines is 1. The highest BCUT2D eigenvalue weighted by molar-refractivity contribution is 5.92. The predicted molar refractivity (Wildman–Crippen MR) is 77.6 cm³/mol. The maximum Gasteiger partial charge on any atom is 0.229 e. The summed E-state index contributed by atoms with van der Waals surface area (Å²) in [4.78, 5) is 12.1. The molecule has 2 rings (SSSR count). The lowest BCUT2D eigenvalue weighted by atomic mass is 9.94. The van der Waals surface area contributed by atoms with Crippen molar-refractivity contribution in [2.24, 2.45) is 11.7 Å². The zero-order chi connectivity index (χ0) is 13.7. The van der Waals surface area contributed by atoms with Crippen molar-refractivity contribution < 1.29 is 4.79 Å². The van der Waals surface area contributed by atoms with Crippen LogP contribution in [0.3, 0.4) is 0 Å². The highest BCUT2D eigenvalue weighted by Gasteiger charge is 2.21. The molecule has 98 valence electrons. The van der Waals surface area contributed by atoms with Gasteiger partial charge in [0, 0.05) is 11.7 Å². The Kier molecular flexibility index (Phi) is 4.31. The fourth-order valence-electron chi connectivity index (χ4n) is 1.90. The topological polar surface area (TPSA) is 55.1 Å². The summed E-state index contributed by atoms with van der Waals surface area (Å²) in [5, 5.41) is 2.87. The van der Waals surface area contributed by atoms with Crippen LogP contribution in [0.2, 0.25) is 0 Å². The molecule has 0 aliphatic carbocycles. The molecular formula is C16H18N2O. The molecule has 2 unspecified atom stereocenters. The molecule has 0 radical (unpaired) electrons. The minimum atomic E-state index is -0.301. The van der Waals surface area contributed by atoms with E-state index in [4.69, 9.17) is 5.73 Å². The molecule has 0 saturated carbocycles. The Morgan fingerprint density at radius 1 is 1.00 bits per heavy atom. The van der Waals surface area contributed by atoms with Gasteiger partial charge in [-0.15, -0.1) is 0 Å². The number of hydrogen-bond acceptors (Lipinski definition) is 2. The molecule has 0 aliphatic rings. The van der Waals surface area contributed by atoms with E-state index in [0.717, 1.165) is 11.3 Å². The van der Waals surface area contributed by atoms with Crippen LogP contribution in [0, 0.1) is 5.92 Å². The molecule has 0 bridgehead atoms. The van der Waals surface area contributed by atoms with Gasteiger partial charge in [-0.1, -0.05) is 55.5 Å². The van der Waals surface area contributed by atoms with Gasteiger partial charge in [-0.25, -0.2) is 0 Å². The zero-order valence-electron chi connectivity index (χ0n) is 10.9. The summed E-state index contributed by atoms with van der Waals surface area (Å²) in [6.45, 7) is 1.84. The van der Waals surface area contributed by atoms with Crippen molar-refractivity contribution in [3.63, 3.8) is 0 Å². The molecule has 2 atom stereocenters. The highest BCUT2D eigenvalue weighted by Crippen LogP contribution is 2.20. The Morgan fingerprint density at radius 3 is 2.11 bits per heavy atom. The molecule has 0 saturated heterocycles. The van der Waals surface area contributed by atoms with Crippen LogP contribution < -0.4 is 11.1 Å². The first-order chi connectivity index (χ1) is 9.18. The summed E-state index contributed by atoms with van der Waals surface area (Å²) in [5.41, 5.74) is 7.89. The van der Waals surface area contributed by atoms with Gasteiger partial charge in [-0.3, -0.25) is 4.79 Å². The molecule has 1 amide bonds. The number of nitrogens with two attached hydrogens (primary N) is 1. The third-order valence-electron chi connectivity index (χ3n) is 3.18. The second-order valence-corrected chi connectivity index (χ2v) is 4.58. The van der Waals surface area contributed by atoms with Crippen LogP contribution in [0.5, 0.6) is 0 Å². The summed E-state index contributed by atoms with van der Waals surface area (Å²) in [7, 11) is 0. The maximum absolute atomic E-state index is 12.1. The van der Waals surface area contributed by atoms with Crippen LogP contribution in [0.15, 0.2) is 60.7 Å². The molecule has 3 heteroatoms. The molecule has 0 spiro atoms. The van der Waals surface area contributed by atoms with Crippen molar-refractivity contribution in [2.75, 3.05) is 5.32 Å². The van der Waals surface area contributed by atoms with E-state index in [1.54, 1.807) is 0 Å². The second kappa shape index (κ2) is 6.16. The molecule has 0 fully saturated rings. The largest absolute Gasteiger partial charge is 0.326 e. The smallest absolute Gasteiger partial charge is 0.229 e. The van der Waals surface area contributed by atoms with Gasteiger partial charge < -0.3 is 11.1 Å². The summed E-state index contributed by atoms with van der Waals surface area (Å²) in [6.07, 6.45) is 0. The van der Waals surface area contributed by atoms with Crippen LogP contribution in [-0.2, 0) is 4.79 Å². The van der Waals surface area contributed by atoms with Gasteiger partial charge in [0.15, 0.2) is 0 Å². The molecule has 0 aromatic heterocycles. The lowest BCUT2D eigenvalue weighted by Crippen LogP contribution is -2.30. The monoisotopic (exact) mass is 254 g/mol. The third kappa shape index (κ3) is 3.42. The predicted octanol–water partition coefficient (Wildman–Crippen LogP) is 2.96. The van der Waals surface area contributed by atoms with Gasteiger partial charge in [-0.05, 0) is 17.7 Å². The Labute approximate surface area is 113 Å². The second-order valence-electron chi connectivity index (χ2n) is 4.58. The molecule has 2 aromatic rings. The Hall–Kier alpha value is -2.13. The summed E-state index contributed by atoms with van der Waals surface area (Å²) in [6, 6.07) is 18.8. The van der Waals surface area contributed by atoms with E-state index in [9.17, 15) is 4.79 Å². The normalized spacial score (nSPS) is 13.6. The van der Waals surface area contributed by atoms with Crippen LogP contribution in [0.4, 0.5) is 5.69 Å². The van der Waals surface area contributed by atoms with Crippen LogP contribution in [0.1, 0.15) is 18.5 Å². The average molecular weight is 254 g/mol. The van der Waals surface area contributed by atoms with Crippen LogP contribution >= 0.6 is 0 Å². The minimum Gasteiger partial charge on any atom is -0.326 e. The number of para-hydroxylation sites is 1. The molecule has 0 aliphatic heterocycles. The van der Waals surface area contributed by atoms with Crippen molar-refractivity contribution in [2.45, 2.75) is 13.0 Å². The molecule has 19 heavy (non-hydrogen) atoms. The fraction of sp³-hybridized carbons (Fsp3) is 0.188. The van der Waals surface area contributed by atoms with Crippen molar-refractivity contribution in [1.82, 2.24) is 0 Å². The van der Waals surface area contributed by atoms with Crippen molar-refractivity contribution in [1.29, 1.82) is 0 Å². The van der Waals surface area contributed by atoms with Gasteiger partial charge in [0.1, 0.15) is 0 Å². The number of amides is 1. The van der Waals surface area contributed by atoms with E-state index >= 15 is 0 Å². The first-order valence-electron chi connectivity index (χ1n) is 6.35. The van der Waals surface area contributed by atoms with Gasteiger partial charge >= 0.3 is 0 Å². The van der Waals surface area contributed by atoms with Crippen molar-refractivity contribution in [3.8, 4) is 0 Å². The molecule has 2 aromatic carbocycles. The summed E-state index contributed by atoms with van der Waals surface area (Å²) < 4.78 is 0. The Morgan fingerprint density at radius 2 is 1.53 bits per heavy atom. The van der Waals surface area contributed by atoms with Crippen LogP contribution in [0.25, 0.3) is 0 Å². The number of carbonyl (C=O) groups is 1. The van der Waals surface area contributed by atoms with Crippen LogP contribution in [-0.4, -0.2) is 5.91 Å². The lowest BCUT2D eigenvalue weighted by Gasteiger charge is -2.19. The third-order valence-corrected chi connectivity index (χ3v) is 3.18. The van der Waals surface area contributed by atoms with Crippen molar-refractivity contribution >= 4 is 11.6 Å². The number of nitrogens with one attached hydrogen (secondary N) is 1. The first kappa shape index (κ1) is 13.3. The van der Waals surface area contributed by atoms with Crippen molar-refractivity contribution in [3.05, 3.63) is 66.2 Å².